The average Bonchev–Trinajstić information content (AvgIpc) is 3.32. The Bertz CT molecular complexity index is 1880. The molecule has 1 aliphatic heterocycles. The highest BCUT2D eigenvalue weighted by molar-refractivity contribution is 6.22. The van der Waals surface area contributed by atoms with E-state index < -0.39 is 29.8 Å². The van der Waals surface area contributed by atoms with Gasteiger partial charge in [0.25, 0.3) is 11.8 Å². The van der Waals surface area contributed by atoms with Gasteiger partial charge in [-0.25, -0.2) is 0 Å². The van der Waals surface area contributed by atoms with E-state index in [-0.39, 0.29) is 18.4 Å². The van der Waals surface area contributed by atoms with Crippen molar-refractivity contribution in [3.63, 3.8) is 0 Å². The summed E-state index contributed by atoms with van der Waals surface area (Å²) in [5.74, 6) is -1.03. The fourth-order valence-electron chi connectivity index (χ4n) is 8.42. The Kier molecular flexibility index (Phi) is 8.24. The van der Waals surface area contributed by atoms with E-state index in [1.54, 1.807) is 29.2 Å². The van der Waals surface area contributed by atoms with Crippen LogP contribution in [0.15, 0.2) is 91.0 Å². The number of carbonyl (C=O) groups is 4. The Balaban J connectivity index is 1.30. The van der Waals surface area contributed by atoms with Crippen LogP contribution in [0, 0.1) is 32.6 Å². The van der Waals surface area contributed by atoms with Gasteiger partial charge in [0.1, 0.15) is 12.1 Å². The summed E-state index contributed by atoms with van der Waals surface area (Å²) in [5, 5.41) is 3.30. The van der Waals surface area contributed by atoms with Crippen molar-refractivity contribution in [1.29, 1.82) is 0 Å². The maximum Gasteiger partial charge on any atom is 0.262 e. The Morgan fingerprint density at radius 2 is 1.35 bits per heavy atom. The third-order valence-corrected chi connectivity index (χ3v) is 10.8. The molecule has 4 aromatic rings. The van der Waals surface area contributed by atoms with E-state index in [1.165, 1.54) is 11.1 Å². The molecule has 3 atom stereocenters. The normalized spacial score (nSPS) is 21.3. The summed E-state index contributed by atoms with van der Waals surface area (Å²) < 4.78 is 0. The first-order valence-electron chi connectivity index (χ1n) is 16.9. The largest absolute Gasteiger partial charge is 0.324 e. The minimum absolute atomic E-state index is 0.177. The molecular formula is C41H41N3O4. The Hall–Kier alpha value is -5.04. The number of carbonyl (C=O) groups excluding carboxylic acids is 4. The monoisotopic (exact) mass is 639 g/mol. The first-order valence-corrected chi connectivity index (χ1v) is 16.9. The van der Waals surface area contributed by atoms with Crippen LogP contribution in [0.3, 0.4) is 0 Å². The van der Waals surface area contributed by atoms with Crippen LogP contribution in [-0.2, 0) is 29.0 Å². The molecule has 2 aliphatic carbocycles. The summed E-state index contributed by atoms with van der Waals surface area (Å²) in [5.41, 5.74) is 6.72. The van der Waals surface area contributed by atoms with E-state index in [0.29, 0.717) is 29.9 Å². The molecule has 1 saturated carbocycles. The summed E-state index contributed by atoms with van der Waals surface area (Å²) in [4.78, 5) is 59.3. The number of anilines is 1. The summed E-state index contributed by atoms with van der Waals surface area (Å²) in [6, 6.07) is 29.0. The molecule has 3 aliphatic rings. The van der Waals surface area contributed by atoms with Crippen molar-refractivity contribution in [2.24, 2.45) is 11.8 Å². The number of hydrogen-bond donors (Lipinski definition) is 1. The second kappa shape index (κ2) is 12.5. The van der Waals surface area contributed by atoms with E-state index in [2.05, 4.69) is 41.7 Å². The van der Waals surface area contributed by atoms with Gasteiger partial charge in [-0.15, -0.1) is 0 Å². The van der Waals surface area contributed by atoms with Crippen LogP contribution >= 0.6 is 0 Å². The lowest BCUT2D eigenvalue weighted by molar-refractivity contribution is -0.151. The maximum absolute atomic E-state index is 15.0. The summed E-state index contributed by atoms with van der Waals surface area (Å²) >= 11 is 0. The quantitative estimate of drug-likeness (QED) is 0.225. The lowest BCUT2D eigenvalue weighted by Crippen LogP contribution is -2.63. The molecule has 0 radical (unpaired) electrons. The highest BCUT2D eigenvalue weighted by Crippen LogP contribution is 2.47. The van der Waals surface area contributed by atoms with Gasteiger partial charge in [0.15, 0.2) is 0 Å². The molecule has 0 unspecified atom stereocenters. The number of amides is 4. The molecule has 7 nitrogen and oxygen atoms in total. The second-order valence-electron chi connectivity index (χ2n) is 13.9. The van der Waals surface area contributed by atoms with Crippen molar-refractivity contribution in [2.45, 2.75) is 65.0 Å². The molecule has 4 amide bonds. The topological polar surface area (TPSA) is 86.8 Å². The summed E-state index contributed by atoms with van der Waals surface area (Å²) in [6.07, 6.45) is 3.54. The minimum atomic E-state index is -1.21. The SMILES string of the molecule is Cc1cc(C)c(NC(=O)[C@]2(N(Cc3ccccc3)C(=O)CN3C(=O)c4ccccc4C3=O)CC[C@H]3Cc4ccccc4C[C@@H]3C2)c(C)c1. The first kappa shape index (κ1) is 31.6. The van der Waals surface area contributed by atoms with Gasteiger partial charge in [0.2, 0.25) is 11.8 Å². The van der Waals surface area contributed by atoms with Crippen molar-refractivity contribution < 1.29 is 19.2 Å². The zero-order valence-electron chi connectivity index (χ0n) is 27.8. The van der Waals surface area contributed by atoms with E-state index in [4.69, 9.17) is 0 Å². The van der Waals surface area contributed by atoms with E-state index >= 15 is 4.79 Å². The van der Waals surface area contributed by atoms with E-state index in [0.717, 1.165) is 52.1 Å². The van der Waals surface area contributed by atoms with Gasteiger partial charge in [-0.05, 0) is 105 Å². The molecule has 1 N–H and O–H groups in total. The van der Waals surface area contributed by atoms with Crippen LogP contribution in [0.1, 0.15) is 73.4 Å². The highest BCUT2D eigenvalue weighted by atomic mass is 16.2. The number of fused-ring (bicyclic) bond motifs is 3. The standard InChI is InChI=1S/C41H41N3O4/c1-26-19-27(2)37(28(3)20-26)42-40(48)41(18-17-32-21-30-13-7-8-14-31(30)22-33(32)23-41)44(24-29-11-5-4-6-12-29)36(45)25-43-38(46)34-15-9-10-16-35(34)39(43)47/h4-16,19-20,32-33H,17-18,21-25H2,1-3H3,(H,42,48)/t32-,33+,41-/m0/s1. The van der Waals surface area contributed by atoms with Crippen LogP contribution in [0.5, 0.6) is 0 Å². The van der Waals surface area contributed by atoms with Gasteiger partial charge in [0.05, 0.1) is 11.1 Å². The average molecular weight is 640 g/mol. The molecule has 0 spiro atoms. The van der Waals surface area contributed by atoms with E-state index in [1.807, 2.05) is 51.1 Å². The fraction of sp³-hybridized carbons (Fsp3) is 0.317. The lowest BCUT2D eigenvalue weighted by atomic mass is 9.62. The Labute approximate surface area is 282 Å². The Morgan fingerprint density at radius 1 is 0.792 bits per heavy atom. The molecule has 0 saturated heterocycles. The third-order valence-electron chi connectivity index (χ3n) is 10.8. The number of imide groups is 1. The molecule has 0 aromatic heterocycles. The molecule has 7 heteroatoms. The van der Waals surface area contributed by atoms with Crippen LogP contribution in [-0.4, -0.2) is 45.5 Å². The zero-order valence-corrected chi connectivity index (χ0v) is 27.8. The van der Waals surface area contributed by atoms with Crippen LogP contribution in [0.25, 0.3) is 0 Å². The molecule has 4 aromatic carbocycles. The highest BCUT2D eigenvalue weighted by Gasteiger charge is 2.53. The predicted molar refractivity (Wildman–Crippen MR) is 185 cm³/mol. The number of nitrogens with one attached hydrogen (secondary N) is 1. The lowest BCUT2D eigenvalue weighted by Gasteiger charge is -2.51. The molecule has 7 rings (SSSR count). The van der Waals surface area contributed by atoms with Crippen LogP contribution in [0.2, 0.25) is 0 Å². The number of aryl methyl sites for hydroxylation is 3. The summed E-state index contributed by atoms with van der Waals surface area (Å²) in [7, 11) is 0. The van der Waals surface area contributed by atoms with Crippen molar-refractivity contribution in [2.75, 3.05) is 11.9 Å². The molecule has 0 bridgehead atoms. The van der Waals surface area contributed by atoms with Crippen LogP contribution in [0.4, 0.5) is 5.69 Å². The van der Waals surface area contributed by atoms with Crippen molar-refractivity contribution in [1.82, 2.24) is 9.80 Å². The molecule has 1 fully saturated rings. The van der Waals surface area contributed by atoms with Gasteiger partial charge < -0.3 is 10.2 Å². The zero-order chi connectivity index (χ0) is 33.6. The Morgan fingerprint density at radius 3 is 1.98 bits per heavy atom. The molecule has 1 heterocycles. The van der Waals surface area contributed by atoms with Gasteiger partial charge in [-0.2, -0.15) is 0 Å². The smallest absolute Gasteiger partial charge is 0.262 e. The van der Waals surface area contributed by atoms with Gasteiger partial charge in [0, 0.05) is 12.2 Å². The summed E-state index contributed by atoms with van der Waals surface area (Å²) in [6.45, 7) is 5.76. The first-order chi connectivity index (χ1) is 23.1. The van der Waals surface area contributed by atoms with Gasteiger partial charge in [-0.3, -0.25) is 24.1 Å². The predicted octanol–water partition coefficient (Wildman–Crippen LogP) is 6.83. The van der Waals surface area contributed by atoms with Crippen molar-refractivity contribution in [3.8, 4) is 0 Å². The number of benzene rings is 4. The van der Waals surface area contributed by atoms with E-state index in [9.17, 15) is 14.4 Å². The van der Waals surface area contributed by atoms with Gasteiger partial charge >= 0.3 is 0 Å². The second-order valence-corrected chi connectivity index (χ2v) is 13.9. The van der Waals surface area contributed by atoms with Gasteiger partial charge in [-0.1, -0.05) is 84.4 Å². The van der Waals surface area contributed by atoms with Crippen LogP contribution < -0.4 is 5.32 Å². The van der Waals surface area contributed by atoms with Crippen molar-refractivity contribution >= 4 is 29.3 Å². The van der Waals surface area contributed by atoms with Crippen molar-refractivity contribution in [3.05, 3.63) is 136 Å². The minimum Gasteiger partial charge on any atom is -0.324 e. The number of nitrogens with zero attached hydrogens (tertiary/aromatic N) is 2. The maximum atomic E-state index is 15.0. The number of hydrogen-bond acceptors (Lipinski definition) is 4. The third kappa shape index (κ3) is 5.61. The fourth-order valence-corrected chi connectivity index (χ4v) is 8.42. The molecule has 48 heavy (non-hydrogen) atoms. The molecule has 244 valence electrons. The molecular weight excluding hydrogens is 598 g/mol. The number of rotatable bonds is 7.